The van der Waals surface area contributed by atoms with Gasteiger partial charge in [0.25, 0.3) is 0 Å². The van der Waals surface area contributed by atoms with Gasteiger partial charge in [-0.25, -0.2) is 14.8 Å². The Morgan fingerprint density at radius 1 is 0.981 bits per heavy atom. The summed E-state index contributed by atoms with van der Waals surface area (Å²) in [5.41, 5.74) is 1.95. The van der Waals surface area contributed by atoms with Crippen molar-refractivity contribution in [2.75, 3.05) is 26.7 Å². The minimum atomic E-state index is -3.88. The third-order valence-corrected chi connectivity index (χ3v) is 10.5. The van der Waals surface area contributed by atoms with E-state index in [2.05, 4.69) is 11.9 Å². The molecule has 0 spiro atoms. The lowest BCUT2D eigenvalue weighted by atomic mass is 9.98. The van der Waals surface area contributed by atoms with Crippen LogP contribution in [0.25, 0.3) is 0 Å². The van der Waals surface area contributed by atoms with Gasteiger partial charge in [0, 0.05) is 36.6 Å². The first-order valence-corrected chi connectivity index (χ1v) is 18.6. The number of phenolic OH excluding ortho intramolecular Hbond substituents is 1. The molecule has 4 aromatic carbocycles. The molecule has 2 saturated heterocycles. The highest BCUT2D eigenvalue weighted by atomic mass is 35.5. The van der Waals surface area contributed by atoms with E-state index in [0.29, 0.717) is 16.1 Å². The summed E-state index contributed by atoms with van der Waals surface area (Å²) in [6, 6.07) is 25.1. The number of hydrazine groups is 1. The molecule has 2 heterocycles. The lowest BCUT2D eigenvalue weighted by molar-refractivity contribution is -0.189. The van der Waals surface area contributed by atoms with Crippen molar-refractivity contribution in [2.45, 2.75) is 36.6 Å². The van der Waals surface area contributed by atoms with Crippen molar-refractivity contribution in [3.8, 4) is 17.2 Å². The van der Waals surface area contributed by atoms with Gasteiger partial charge in [-0.3, -0.25) is 18.7 Å². The predicted octanol–water partition coefficient (Wildman–Crippen LogP) is 5.89. The Balaban J connectivity index is 1.37. The number of ether oxygens (including phenoxy) is 1. The smallest absolute Gasteiger partial charge is 0.334 e. The quantitative estimate of drug-likeness (QED) is 0.129. The number of halogens is 1. The summed E-state index contributed by atoms with van der Waals surface area (Å²) in [5.74, 6) is -0.504. The number of methoxy groups -OCH3 is 1. The van der Waals surface area contributed by atoms with Crippen molar-refractivity contribution in [1.82, 2.24) is 25.1 Å². The normalized spacial score (nSPS) is 18.0. The highest BCUT2D eigenvalue weighted by Crippen LogP contribution is 2.52. The third-order valence-electron chi connectivity index (χ3n) is 8.99. The second-order valence-electron chi connectivity index (χ2n) is 12.5. The number of carbonyl (C=O) groups excluding carboxylic acids is 3. The molecule has 0 radical (unpaired) electrons. The maximum absolute atomic E-state index is 14.6. The van der Waals surface area contributed by atoms with Crippen molar-refractivity contribution in [1.29, 1.82) is 0 Å². The summed E-state index contributed by atoms with van der Waals surface area (Å²) in [6.45, 7) is 3.88. The molecule has 278 valence electrons. The molecule has 2 fully saturated rings. The van der Waals surface area contributed by atoms with Gasteiger partial charge in [-0.1, -0.05) is 72.3 Å². The van der Waals surface area contributed by atoms with Gasteiger partial charge in [0.05, 0.1) is 25.1 Å². The summed E-state index contributed by atoms with van der Waals surface area (Å²) in [7, 11) is -2.47. The van der Waals surface area contributed by atoms with Gasteiger partial charge in [-0.05, 0) is 53.6 Å². The van der Waals surface area contributed by atoms with Crippen molar-refractivity contribution in [3.05, 3.63) is 131 Å². The number of para-hydroxylation sites is 1. The number of hydrogen-bond acceptors (Lipinski definition) is 9. The van der Waals surface area contributed by atoms with Crippen LogP contribution in [0.4, 0.5) is 4.79 Å². The highest BCUT2D eigenvalue weighted by Gasteiger charge is 2.51. The second kappa shape index (κ2) is 16.2. The van der Waals surface area contributed by atoms with Crippen molar-refractivity contribution in [2.24, 2.45) is 0 Å². The Kier molecular flexibility index (Phi) is 11.5. The topological polar surface area (TPSA) is 155 Å². The maximum atomic E-state index is 14.6. The summed E-state index contributed by atoms with van der Waals surface area (Å²) in [4.78, 5) is 45.7. The number of piperazine rings is 1. The largest absolute Gasteiger partial charge is 0.508 e. The van der Waals surface area contributed by atoms with Crippen LogP contribution in [0.15, 0.2) is 115 Å². The van der Waals surface area contributed by atoms with Gasteiger partial charge >= 0.3 is 6.03 Å². The molecule has 0 unspecified atom stereocenters. The number of amides is 4. The molecule has 2 atom stereocenters. The van der Waals surface area contributed by atoms with E-state index in [9.17, 15) is 28.6 Å². The Morgan fingerprint density at radius 3 is 2.38 bits per heavy atom. The van der Waals surface area contributed by atoms with E-state index < -0.39 is 35.0 Å². The molecule has 4 N–H and O–H groups in total. The Labute approximate surface area is 314 Å². The molecule has 13 nitrogen and oxygen atoms in total. The molecule has 0 aliphatic carbocycles. The second-order valence-corrected chi connectivity index (χ2v) is 14.6. The Bertz CT molecular complexity index is 1950. The van der Waals surface area contributed by atoms with Gasteiger partial charge in [-0.2, -0.15) is 0 Å². The molecule has 53 heavy (non-hydrogen) atoms. The Hall–Kier alpha value is -5.25. The number of fused-ring (bicyclic) bond motifs is 1. The average molecular weight is 762 g/mol. The zero-order valence-corrected chi connectivity index (χ0v) is 30.4. The summed E-state index contributed by atoms with van der Waals surface area (Å²) < 4.78 is 33.8. The van der Waals surface area contributed by atoms with Crippen molar-refractivity contribution >= 4 is 40.3 Å². The molecular weight excluding hydrogens is 722 g/mol. The number of carbonyl (C=O) groups is 3. The van der Waals surface area contributed by atoms with Crippen LogP contribution in [-0.2, 0) is 29.1 Å². The molecule has 2 aliphatic rings. The standard InChI is InChI=1S/C38H40ClN5O8S/c1-3-20-42-25-35(46)43-32(21-26-12-16-30(45)17-13-26)37(47)41(24-34(43)44(42)38(48)40-22-27-8-5-4-6-9-27)23-28-10-7-11-33(51-2)36(28)52-53(49,50)31-18-14-29(39)15-19-31/h3-19,32,34,45,49-50H,1,20-25H2,2H3,(H,40,48)/t32-,34-/m0/s1. The first-order valence-electron chi connectivity index (χ1n) is 16.7. The fourth-order valence-corrected chi connectivity index (χ4v) is 7.61. The summed E-state index contributed by atoms with van der Waals surface area (Å²) in [6.07, 6.45) is 0.757. The van der Waals surface area contributed by atoms with E-state index in [1.807, 2.05) is 30.3 Å². The van der Waals surface area contributed by atoms with Crippen LogP contribution >= 0.6 is 22.5 Å². The van der Waals surface area contributed by atoms with Crippen LogP contribution in [0.1, 0.15) is 16.7 Å². The number of urea groups is 1. The number of benzene rings is 4. The third kappa shape index (κ3) is 8.37. The van der Waals surface area contributed by atoms with Crippen LogP contribution in [0.2, 0.25) is 5.02 Å². The number of rotatable bonds is 12. The molecule has 0 bridgehead atoms. The van der Waals surface area contributed by atoms with Gasteiger partial charge in [0.2, 0.25) is 11.8 Å². The minimum absolute atomic E-state index is 0.000675. The molecule has 4 aromatic rings. The zero-order chi connectivity index (χ0) is 37.7. The minimum Gasteiger partial charge on any atom is -0.508 e. The van der Waals surface area contributed by atoms with E-state index in [1.54, 1.807) is 41.4 Å². The van der Waals surface area contributed by atoms with Crippen molar-refractivity contribution < 1.29 is 37.5 Å². The van der Waals surface area contributed by atoms with E-state index in [-0.39, 0.29) is 67.2 Å². The monoisotopic (exact) mass is 761 g/mol. The maximum Gasteiger partial charge on any atom is 0.334 e. The zero-order valence-electron chi connectivity index (χ0n) is 28.9. The van der Waals surface area contributed by atoms with Crippen LogP contribution in [0.3, 0.4) is 0 Å². The van der Waals surface area contributed by atoms with Crippen LogP contribution in [-0.4, -0.2) is 90.8 Å². The molecule has 4 amide bonds. The molecule has 15 heteroatoms. The summed E-state index contributed by atoms with van der Waals surface area (Å²) >= 11 is 6.02. The van der Waals surface area contributed by atoms with Crippen LogP contribution < -0.4 is 14.2 Å². The first kappa shape index (κ1) is 37.5. The highest BCUT2D eigenvalue weighted by molar-refractivity contribution is 8.20. The van der Waals surface area contributed by atoms with E-state index in [4.69, 9.17) is 20.5 Å². The van der Waals surface area contributed by atoms with Gasteiger partial charge in [0.1, 0.15) is 18.0 Å². The van der Waals surface area contributed by atoms with E-state index >= 15 is 0 Å². The molecule has 6 rings (SSSR count). The van der Waals surface area contributed by atoms with Crippen molar-refractivity contribution in [3.63, 3.8) is 0 Å². The lowest BCUT2D eigenvalue weighted by Gasteiger charge is -2.55. The number of hydrogen-bond donors (Lipinski definition) is 4. The fraction of sp³-hybridized carbons (Fsp3) is 0.237. The van der Waals surface area contributed by atoms with Gasteiger partial charge in [-0.15, -0.1) is 6.58 Å². The lowest BCUT2D eigenvalue weighted by Crippen LogP contribution is -2.76. The molecule has 2 aliphatic heterocycles. The average Bonchev–Trinajstić information content (AvgIpc) is 3.14. The summed E-state index contributed by atoms with van der Waals surface area (Å²) in [5, 5.41) is 16.4. The molecule has 0 aromatic heterocycles. The number of nitrogens with zero attached hydrogens (tertiary/aromatic N) is 4. The Morgan fingerprint density at radius 2 is 1.70 bits per heavy atom. The van der Waals surface area contributed by atoms with Crippen LogP contribution in [0, 0.1) is 0 Å². The SMILES string of the molecule is C=CCN1CC(=O)N2[C@@H](Cc3ccc(O)cc3)C(=O)N(Cc3cccc(OC)c3OS(O)(O)c3ccc(Cl)cc3)C[C@@H]2N1C(=O)NCc1ccccc1. The predicted molar refractivity (Wildman–Crippen MR) is 200 cm³/mol. The van der Waals surface area contributed by atoms with Crippen LogP contribution in [0.5, 0.6) is 17.2 Å². The number of nitrogens with one attached hydrogen (secondary N) is 1. The molecular formula is C38H40ClN5O8S. The van der Waals surface area contributed by atoms with E-state index in [0.717, 1.165) is 5.56 Å². The van der Waals surface area contributed by atoms with Gasteiger partial charge < -0.3 is 29.1 Å². The number of phenols is 1. The fourth-order valence-electron chi connectivity index (χ4n) is 6.48. The number of aromatic hydroxyl groups is 1. The molecule has 0 saturated carbocycles. The van der Waals surface area contributed by atoms with E-state index in [1.165, 1.54) is 58.3 Å². The first-order chi connectivity index (χ1) is 25.5. The van der Waals surface area contributed by atoms with Gasteiger partial charge in [0.15, 0.2) is 22.4 Å².